The lowest BCUT2D eigenvalue weighted by Crippen LogP contribution is -2.34. The molecule has 0 saturated heterocycles. The van der Waals surface area contributed by atoms with Crippen molar-refractivity contribution in [2.75, 3.05) is 19.6 Å². The molecule has 0 aliphatic heterocycles. The van der Waals surface area contributed by atoms with Gasteiger partial charge in [-0.15, -0.1) is 5.10 Å². The van der Waals surface area contributed by atoms with Gasteiger partial charge in [0.25, 0.3) is 11.8 Å². The molecule has 10 nitrogen and oxygen atoms in total. The summed E-state index contributed by atoms with van der Waals surface area (Å²) in [5.41, 5.74) is 1.60. The number of nitrogens with zero attached hydrogens (tertiary/aromatic N) is 3. The van der Waals surface area contributed by atoms with Gasteiger partial charge in [0.15, 0.2) is 5.69 Å². The molecule has 0 spiro atoms. The summed E-state index contributed by atoms with van der Waals surface area (Å²) in [5.74, 6) is -0.835. The Hall–Kier alpha value is -3.34. The molecule has 1 saturated carbocycles. The van der Waals surface area contributed by atoms with Crippen LogP contribution in [0.2, 0.25) is 0 Å². The summed E-state index contributed by atoms with van der Waals surface area (Å²) in [6, 6.07) is 6.74. The Balaban J connectivity index is 1.79. The molecule has 11 heteroatoms. The van der Waals surface area contributed by atoms with Crippen LogP contribution in [0.25, 0.3) is 5.69 Å². The van der Waals surface area contributed by atoms with Crippen molar-refractivity contribution in [1.82, 2.24) is 30.9 Å². The SMILES string of the molecule is CCNC(=O)c1ccc(-n2nnc(C(=O)NCCNC(C)=O)c2COC2CCC[C@@H](F)C2)cc1. The fourth-order valence-corrected chi connectivity index (χ4v) is 3.77. The molecule has 3 rings (SSSR count). The van der Waals surface area contributed by atoms with Crippen LogP contribution < -0.4 is 16.0 Å². The van der Waals surface area contributed by atoms with Crippen molar-refractivity contribution in [3.05, 3.63) is 41.2 Å². The van der Waals surface area contributed by atoms with Crippen LogP contribution in [-0.2, 0) is 16.1 Å². The number of amides is 3. The van der Waals surface area contributed by atoms with Crippen molar-refractivity contribution in [3.63, 3.8) is 0 Å². The van der Waals surface area contributed by atoms with Crippen LogP contribution in [0.3, 0.4) is 0 Å². The topological polar surface area (TPSA) is 127 Å². The van der Waals surface area contributed by atoms with E-state index in [1.165, 1.54) is 11.6 Å². The van der Waals surface area contributed by atoms with Crippen LogP contribution >= 0.6 is 0 Å². The number of hydrogen-bond donors (Lipinski definition) is 3. The quantitative estimate of drug-likeness (QED) is 0.450. The Kier molecular flexibility index (Phi) is 9.08. The second-order valence-corrected chi connectivity index (χ2v) is 8.14. The molecule has 2 aromatic rings. The maximum Gasteiger partial charge on any atom is 0.273 e. The monoisotopic (exact) mass is 474 g/mol. The highest BCUT2D eigenvalue weighted by atomic mass is 19.1. The van der Waals surface area contributed by atoms with Gasteiger partial charge in [-0.1, -0.05) is 5.21 Å². The standard InChI is InChI=1S/C23H31FN6O4/c1-3-25-22(32)16-7-9-18(10-8-16)30-20(14-34-19-6-4-5-17(24)13-19)21(28-29-30)23(33)27-12-11-26-15(2)31/h7-10,17,19H,3-6,11-14H2,1-2H3,(H,25,32)(H,26,31)(H,27,33)/t17-,19?/m1/s1. The second-order valence-electron chi connectivity index (χ2n) is 8.14. The zero-order valence-electron chi connectivity index (χ0n) is 19.5. The highest BCUT2D eigenvalue weighted by Gasteiger charge is 2.25. The third-order valence-corrected chi connectivity index (χ3v) is 5.49. The van der Waals surface area contributed by atoms with E-state index in [1.54, 1.807) is 24.3 Å². The van der Waals surface area contributed by atoms with Gasteiger partial charge < -0.3 is 20.7 Å². The molecule has 0 bridgehead atoms. The van der Waals surface area contributed by atoms with Gasteiger partial charge in [-0.2, -0.15) is 0 Å². The smallest absolute Gasteiger partial charge is 0.273 e. The number of ether oxygens (including phenoxy) is 1. The summed E-state index contributed by atoms with van der Waals surface area (Å²) >= 11 is 0. The summed E-state index contributed by atoms with van der Waals surface area (Å²) in [7, 11) is 0. The number of hydrogen-bond acceptors (Lipinski definition) is 6. The first-order valence-electron chi connectivity index (χ1n) is 11.5. The van der Waals surface area contributed by atoms with Gasteiger partial charge in [0.2, 0.25) is 5.91 Å². The van der Waals surface area contributed by atoms with E-state index in [-0.39, 0.29) is 43.3 Å². The molecule has 34 heavy (non-hydrogen) atoms. The Morgan fingerprint density at radius 3 is 2.50 bits per heavy atom. The Morgan fingerprint density at radius 2 is 1.82 bits per heavy atom. The predicted octanol–water partition coefficient (Wildman–Crippen LogP) is 1.68. The van der Waals surface area contributed by atoms with Crippen LogP contribution in [0, 0.1) is 0 Å². The van der Waals surface area contributed by atoms with Crippen LogP contribution in [0.5, 0.6) is 0 Å². The maximum absolute atomic E-state index is 13.8. The van der Waals surface area contributed by atoms with Crippen LogP contribution in [0.15, 0.2) is 24.3 Å². The maximum atomic E-state index is 13.8. The lowest BCUT2D eigenvalue weighted by Gasteiger charge is -2.24. The van der Waals surface area contributed by atoms with E-state index >= 15 is 0 Å². The van der Waals surface area contributed by atoms with Gasteiger partial charge in [0.05, 0.1) is 18.4 Å². The second kappa shape index (κ2) is 12.2. The molecule has 1 aliphatic carbocycles. The normalized spacial score (nSPS) is 17.7. The highest BCUT2D eigenvalue weighted by Crippen LogP contribution is 2.25. The zero-order chi connectivity index (χ0) is 24.5. The Labute approximate surface area is 197 Å². The van der Waals surface area contributed by atoms with E-state index in [0.29, 0.717) is 36.3 Å². The molecule has 1 fully saturated rings. The fraction of sp³-hybridized carbons (Fsp3) is 0.522. The number of halogens is 1. The van der Waals surface area contributed by atoms with Crippen molar-refractivity contribution in [3.8, 4) is 5.69 Å². The Morgan fingerprint density at radius 1 is 1.09 bits per heavy atom. The van der Waals surface area contributed by atoms with Crippen molar-refractivity contribution in [1.29, 1.82) is 0 Å². The number of alkyl halides is 1. The molecule has 1 aromatic heterocycles. The lowest BCUT2D eigenvalue weighted by atomic mass is 9.96. The molecule has 0 radical (unpaired) electrons. The van der Waals surface area contributed by atoms with Gasteiger partial charge in [0, 0.05) is 38.5 Å². The number of carbonyl (C=O) groups excluding carboxylic acids is 3. The van der Waals surface area contributed by atoms with Gasteiger partial charge in [-0.25, -0.2) is 9.07 Å². The lowest BCUT2D eigenvalue weighted by molar-refractivity contribution is -0.118. The molecule has 1 unspecified atom stereocenters. The average Bonchev–Trinajstić information content (AvgIpc) is 3.24. The first kappa shape index (κ1) is 25.3. The number of nitrogens with one attached hydrogen (secondary N) is 3. The van der Waals surface area contributed by atoms with Crippen molar-refractivity contribution in [2.45, 2.75) is 58.4 Å². The zero-order valence-corrected chi connectivity index (χ0v) is 19.5. The average molecular weight is 475 g/mol. The van der Waals surface area contributed by atoms with Crippen molar-refractivity contribution >= 4 is 17.7 Å². The number of benzene rings is 1. The minimum atomic E-state index is -0.889. The Bertz CT molecular complexity index is 994. The molecular weight excluding hydrogens is 443 g/mol. The first-order valence-corrected chi connectivity index (χ1v) is 11.5. The van der Waals surface area contributed by atoms with Crippen LogP contribution in [-0.4, -0.2) is 64.6 Å². The predicted molar refractivity (Wildman–Crippen MR) is 122 cm³/mol. The third-order valence-electron chi connectivity index (χ3n) is 5.49. The van der Waals surface area contributed by atoms with Gasteiger partial charge in [0.1, 0.15) is 11.9 Å². The summed E-state index contributed by atoms with van der Waals surface area (Å²) < 4.78 is 21.2. The number of rotatable bonds is 10. The fourth-order valence-electron chi connectivity index (χ4n) is 3.77. The molecule has 1 heterocycles. The highest BCUT2D eigenvalue weighted by molar-refractivity contribution is 5.94. The van der Waals surface area contributed by atoms with Gasteiger partial charge >= 0.3 is 0 Å². The van der Waals surface area contributed by atoms with Gasteiger partial charge in [-0.3, -0.25) is 14.4 Å². The number of carbonyl (C=O) groups is 3. The van der Waals surface area contributed by atoms with Crippen LogP contribution in [0.1, 0.15) is 66.1 Å². The minimum Gasteiger partial charge on any atom is -0.372 e. The molecule has 3 N–H and O–H groups in total. The van der Waals surface area contributed by atoms with Crippen molar-refractivity contribution < 1.29 is 23.5 Å². The van der Waals surface area contributed by atoms with E-state index < -0.39 is 12.1 Å². The van der Waals surface area contributed by atoms with Crippen LogP contribution in [0.4, 0.5) is 4.39 Å². The molecular formula is C23H31FN6O4. The minimum absolute atomic E-state index is 0.0247. The summed E-state index contributed by atoms with van der Waals surface area (Å²) in [6.45, 7) is 4.28. The molecule has 184 valence electrons. The number of aromatic nitrogens is 3. The molecule has 1 aromatic carbocycles. The van der Waals surface area contributed by atoms with E-state index in [2.05, 4.69) is 26.3 Å². The van der Waals surface area contributed by atoms with E-state index in [4.69, 9.17) is 4.74 Å². The summed E-state index contributed by atoms with van der Waals surface area (Å²) in [5, 5.41) is 16.2. The van der Waals surface area contributed by atoms with E-state index in [9.17, 15) is 18.8 Å². The first-order chi connectivity index (χ1) is 16.4. The summed E-state index contributed by atoms with van der Waals surface area (Å²) in [4.78, 5) is 35.8. The molecule has 1 aliphatic rings. The van der Waals surface area contributed by atoms with Gasteiger partial charge in [-0.05, 0) is 50.5 Å². The third kappa shape index (κ3) is 6.83. The largest absolute Gasteiger partial charge is 0.372 e. The van der Waals surface area contributed by atoms with Crippen molar-refractivity contribution in [2.24, 2.45) is 0 Å². The molecule has 2 atom stereocenters. The molecule has 3 amide bonds. The summed E-state index contributed by atoms with van der Waals surface area (Å²) in [6.07, 6.45) is 1.23. The van der Waals surface area contributed by atoms with E-state index in [0.717, 1.165) is 12.8 Å². The van der Waals surface area contributed by atoms with E-state index in [1.807, 2.05) is 6.92 Å².